The maximum Gasteiger partial charge on any atom is 0.0594 e. The molecule has 0 spiro atoms. The summed E-state index contributed by atoms with van der Waals surface area (Å²) in [6.45, 7) is 6.10. The molecule has 0 aromatic heterocycles. The molecular formula is C17H26N2O. The van der Waals surface area contributed by atoms with Crippen molar-refractivity contribution in [3.63, 3.8) is 0 Å². The van der Waals surface area contributed by atoms with Crippen molar-refractivity contribution in [1.29, 1.82) is 0 Å². The third-order valence-corrected chi connectivity index (χ3v) is 4.42. The van der Waals surface area contributed by atoms with Gasteiger partial charge in [0.2, 0.25) is 0 Å². The second-order valence-electron chi connectivity index (χ2n) is 5.99. The summed E-state index contributed by atoms with van der Waals surface area (Å²) in [5, 5.41) is 3.70. The fraction of sp³-hybridized carbons (Fsp3) is 0.647. The Hall–Kier alpha value is -0.900. The number of hydrogen-bond donors (Lipinski definition) is 1. The Bertz CT molecular complexity index is 407. The molecule has 0 bridgehead atoms. The summed E-state index contributed by atoms with van der Waals surface area (Å²) >= 11 is 0. The summed E-state index contributed by atoms with van der Waals surface area (Å²) in [6.07, 6.45) is 5.33. The molecule has 3 nitrogen and oxygen atoms in total. The van der Waals surface area contributed by atoms with Gasteiger partial charge in [-0.05, 0) is 30.5 Å². The number of nitrogens with one attached hydrogen (secondary N) is 1. The van der Waals surface area contributed by atoms with Crippen LogP contribution < -0.4 is 5.32 Å². The van der Waals surface area contributed by atoms with E-state index in [2.05, 4.69) is 34.5 Å². The van der Waals surface area contributed by atoms with Crippen LogP contribution in [0.2, 0.25) is 0 Å². The van der Waals surface area contributed by atoms with Crippen molar-refractivity contribution in [1.82, 2.24) is 10.2 Å². The molecule has 2 fully saturated rings. The van der Waals surface area contributed by atoms with Crippen LogP contribution in [0.4, 0.5) is 0 Å². The number of hydrogen-bond acceptors (Lipinski definition) is 3. The fourth-order valence-corrected chi connectivity index (χ4v) is 3.24. The Morgan fingerprint density at radius 3 is 2.95 bits per heavy atom. The molecule has 110 valence electrons. The van der Waals surface area contributed by atoms with Crippen molar-refractivity contribution in [2.24, 2.45) is 0 Å². The van der Waals surface area contributed by atoms with E-state index in [1.54, 1.807) is 0 Å². The minimum atomic E-state index is 0.558. The first-order valence-corrected chi connectivity index (χ1v) is 8.04. The van der Waals surface area contributed by atoms with E-state index in [1.807, 2.05) is 0 Å². The van der Waals surface area contributed by atoms with Gasteiger partial charge >= 0.3 is 0 Å². The lowest BCUT2D eigenvalue weighted by atomic mass is 10.00. The highest BCUT2D eigenvalue weighted by Gasteiger charge is 2.15. The lowest BCUT2D eigenvalue weighted by Gasteiger charge is -2.27. The molecule has 0 radical (unpaired) electrons. The molecule has 1 N–H and O–H groups in total. The SMILES string of the molecule is c1cc(CN2CCOCC2)cc(C2CCCCCN2)c1. The number of morpholine rings is 1. The van der Waals surface area contributed by atoms with Crippen molar-refractivity contribution in [3.8, 4) is 0 Å². The fourth-order valence-electron chi connectivity index (χ4n) is 3.24. The van der Waals surface area contributed by atoms with Crippen LogP contribution in [0.5, 0.6) is 0 Å². The smallest absolute Gasteiger partial charge is 0.0594 e. The van der Waals surface area contributed by atoms with Crippen molar-refractivity contribution < 1.29 is 4.74 Å². The molecule has 2 heterocycles. The van der Waals surface area contributed by atoms with E-state index < -0.39 is 0 Å². The van der Waals surface area contributed by atoms with Gasteiger partial charge in [0, 0.05) is 25.7 Å². The summed E-state index contributed by atoms with van der Waals surface area (Å²) in [5.41, 5.74) is 2.91. The van der Waals surface area contributed by atoms with Crippen molar-refractivity contribution in [2.75, 3.05) is 32.8 Å². The largest absolute Gasteiger partial charge is 0.379 e. The molecule has 2 aliphatic heterocycles. The van der Waals surface area contributed by atoms with E-state index in [0.717, 1.165) is 32.8 Å². The van der Waals surface area contributed by atoms with Gasteiger partial charge in [-0.2, -0.15) is 0 Å². The molecule has 0 amide bonds. The molecule has 20 heavy (non-hydrogen) atoms. The van der Waals surface area contributed by atoms with Gasteiger partial charge in [-0.3, -0.25) is 4.90 Å². The average Bonchev–Trinajstić information content (AvgIpc) is 2.78. The van der Waals surface area contributed by atoms with Gasteiger partial charge in [-0.1, -0.05) is 37.1 Å². The van der Waals surface area contributed by atoms with E-state index in [-0.39, 0.29) is 0 Å². The van der Waals surface area contributed by atoms with Crippen LogP contribution in [0.3, 0.4) is 0 Å². The quantitative estimate of drug-likeness (QED) is 0.917. The van der Waals surface area contributed by atoms with E-state index in [4.69, 9.17) is 4.74 Å². The highest BCUT2D eigenvalue weighted by molar-refractivity contribution is 5.26. The maximum atomic E-state index is 5.42. The maximum absolute atomic E-state index is 5.42. The lowest BCUT2D eigenvalue weighted by molar-refractivity contribution is 0.0342. The molecule has 3 heteroatoms. The number of rotatable bonds is 3. The highest BCUT2D eigenvalue weighted by atomic mass is 16.5. The second kappa shape index (κ2) is 7.21. The topological polar surface area (TPSA) is 24.5 Å². The van der Waals surface area contributed by atoms with Crippen LogP contribution in [0.25, 0.3) is 0 Å². The van der Waals surface area contributed by atoms with E-state index >= 15 is 0 Å². The summed E-state index contributed by atoms with van der Waals surface area (Å²) in [6, 6.07) is 9.72. The standard InChI is InChI=1S/C17H26N2O/c1-2-7-17(18-8-3-1)16-6-4-5-15(13-16)14-19-9-11-20-12-10-19/h4-6,13,17-18H,1-3,7-12,14H2. The Balaban J connectivity index is 1.65. The number of benzene rings is 1. The van der Waals surface area contributed by atoms with Crippen molar-refractivity contribution >= 4 is 0 Å². The monoisotopic (exact) mass is 274 g/mol. The zero-order valence-electron chi connectivity index (χ0n) is 12.3. The molecule has 1 aromatic rings. The van der Waals surface area contributed by atoms with Crippen LogP contribution in [0, 0.1) is 0 Å². The molecule has 1 aromatic carbocycles. The summed E-state index contributed by atoms with van der Waals surface area (Å²) in [4.78, 5) is 2.49. The predicted octanol–water partition coefficient (Wildman–Crippen LogP) is 2.72. The highest BCUT2D eigenvalue weighted by Crippen LogP contribution is 2.23. The third kappa shape index (κ3) is 3.81. The Morgan fingerprint density at radius 1 is 1.15 bits per heavy atom. The van der Waals surface area contributed by atoms with Gasteiger partial charge in [-0.15, -0.1) is 0 Å². The van der Waals surface area contributed by atoms with Crippen LogP contribution in [-0.2, 0) is 11.3 Å². The molecule has 2 saturated heterocycles. The van der Waals surface area contributed by atoms with Crippen LogP contribution >= 0.6 is 0 Å². The van der Waals surface area contributed by atoms with Gasteiger partial charge in [0.25, 0.3) is 0 Å². The van der Waals surface area contributed by atoms with Gasteiger partial charge in [0.15, 0.2) is 0 Å². The van der Waals surface area contributed by atoms with Gasteiger partial charge in [0.05, 0.1) is 13.2 Å². The Labute approximate surface area is 122 Å². The van der Waals surface area contributed by atoms with Crippen molar-refractivity contribution in [2.45, 2.75) is 38.3 Å². The number of nitrogens with zero attached hydrogens (tertiary/aromatic N) is 1. The van der Waals surface area contributed by atoms with Crippen molar-refractivity contribution in [3.05, 3.63) is 35.4 Å². The minimum Gasteiger partial charge on any atom is -0.379 e. The van der Waals surface area contributed by atoms with Crippen LogP contribution in [0.15, 0.2) is 24.3 Å². The number of ether oxygens (including phenoxy) is 1. The predicted molar refractivity (Wildman–Crippen MR) is 81.7 cm³/mol. The first-order valence-electron chi connectivity index (χ1n) is 8.04. The molecule has 3 rings (SSSR count). The molecule has 2 aliphatic rings. The zero-order chi connectivity index (χ0) is 13.6. The third-order valence-electron chi connectivity index (χ3n) is 4.42. The van der Waals surface area contributed by atoms with E-state index in [0.29, 0.717) is 6.04 Å². The molecule has 1 unspecified atom stereocenters. The van der Waals surface area contributed by atoms with Crippen LogP contribution in [0.1, 0.15) is 42.9 Å². The average molecular weight is 274 g/mol. The van der Waals surface area contributed by atoms with E-state index in [1.165, 1.54) is 43.4 Å². The second-order valence-corrected chi connectivity index (χ2v) is 5.99. The first kappa shape index (κ1) is 14.1. The zero-order valence-corrected chi connectivity index (χ0v) is 12.3. The Kier molecular flexibility index (Phi) is 5.06. The summed E-state index contributed by atoms with van der Waals surface area (Å²) < 4.78 is 5.42. The van der Waals surface area contributed by atoms with Gasteiger partial charge < -0.3 is 10.1 Å². The van der Waals surface area contributed by atoms with E-state index in [9.17, 15) is 0 Å². The van der Waals surface area contributed by atoms with Crippen LogP contribution in [-0.4, -0.2) is 37.7 Å². The normalized spacial score (nSPS) is 25.3. The first-order chi connectivity index (χ1) is 9.92. The molecule has 0 saturated carbocycles. The Morgan fingerprint density at radius 2 is 2.05 bits per heavy atom. The lowest BCUT2D eigenvalue weighted by Crippen LogP contribution is -2.35. The molecule has 0 aliphatic carbocycles. The molecular weight excluding hydrogens is 248 g/mol. The van der Waals surface area contributed by atoms with Gasteiger partial charge in [0.1, 0.15) is 0 Å². The minimum absolute atomic E-state index is 0.558. The summed E-state index contributed by atoms with van der Waals surface area (Å²) in [5.74, 6) is 0. The summed E-state index contributed by atoms with van der Waals surface area (Å²) in [7, 11) is 0. The van der Waals surface area contributed by atoms with Gasteiger partial charge in [-0.25, -0.2) is 0 Å². The molecule has 1 atom stereocenters.